The van der Waals surface area contributed by atoms with Crippen LogP contribution in [0.3, 0.4) is 0 Å². The van der Waals surface area contributed by atoms with Crippen LogP contribution in [0.25, 0.3) is 0 Å². The Labute approximate surface area is 102 Å². The number of hydroxylamine groups is 1. The number of alkyl halides is 3. The van der Waals surface area contributed by atoms with Crippen LogP contribution in [0.2, 0.25) is 0 Å². The highest BCUT2D eigenvalue weighted by Crippen LogP contribution is 2.26. The van der Waals surface area contributed by atoms with E-state index >= 15 is 0 Å². The molecule has 0 spiro atoms. The van der Waals surface area contributed by atoms with E-state index in [4.69, 9.17) is 51.9 Å². The fourth-order valence-electron chi connectivity index (χ4n) is 0.652. The Morgan fingerprint density at radius 3 is 2.29 bits per heavy atom. The average Bonchev–Trinajstić information content (AvgIpc) is 2.14. The van der Waals surface area contributed by atoms with Gasteiger partial charge in [-0.3, -0.25) is 0 Å². The first-order chi connectivity index (χ1) is 6.50. The van der Waals surface area contributed by atoms with Crippen molar-refractivity contribution in [3.8, 4) is 5.75 Å². The van der Waals surface area contributed by atoms with Crippen molar-refractivity contribution < 1.29 is 4.84 Å². The molecule has 0 fully saturated rings. The summed E-state index contributed by atoms with van der Waals surface area (Å²) in [5, 5.41) is 0. The molecule has 14 heavy (non-hydrogen) atoms. The molecule has 0 radical (unpaired) electrons. The smallest absolute Gasteiger partial charge is 0.243 e. The van der Waals surface area contributed by atoms with Crippen LogP contribution in [0, 0.1) is 0 Å². The number of halogens is 3. The van der Waals surface area contributed by atoms with Crippen LogP contribution in [-0.4, -0.2) is 8.78 Å². The number of hydrogen-bond acceptors (Lipinski definition) is 2. The summed E-state index contributed by atoms with van der Waals surface area (Å²) in [6.07, 6.45) is 0. The van der Waals surface area contributed by atoms with Crippen LogP contribution >= 0.6 is 47.0 Å². The summed E-state index contributed by atoms with van der Waals surface area (Å²) in [5.41, 5.74) is 2.37. The quantitative estimate of drug-likeness (QED) is 0.506. The van der Waals surface area contributed by atoms with E-state index in [-0.39, 0.29) is 4.99 Å². The van der Waals surface area contributed by atoms with E-state index in [1.807, 2.05) is 18.2 Å². The van der Waals surface area contributed by atoms with E-state index in [2.05, 4.69) is 5.48 Å². The number of rotatable bonds is 2. The van der Waals surface area contributed by atoms with Crippen molar-refractivity contribution in [2.24, 2.45) is 0 Å². The fourth-order valence-corrected chi connectivity index (χ4v) is 0.809. The van der Waals surface area contributed by atoms with Crippen molar-refractivity contribution in [1.29, 1.82) is 0 Å². The molecule has 0 aliphatic rings. The van der Waals surface area contributed by atoms with Gasteiger partial charge in [-0.15, -0.1) is 0 Å². The molecule has 6 heteroatoms. The zero-order valence-corrected chi connectivity index (χ0v) is 9.92. The molecule has 0 saturated heterocycles. The zero-order chi connectivity index (χ0) is 10.6. The standard InChI is InChI=1S/C8H6Cl3NOS/c9-8(10,11)7(14)12-13-6-4-2-1-3-5-6/h1-5H,(H,12,14). The van der Waals surface area contributed by atoms with Gasteiger partial charge in [0.05, 0.1) is 0 Å². The third-order valence-electron chi connectivity index (χ3n) is 1.26. The van der Waals surface area contributed by atoms with Gasteiger partial charge in [-0.1, -0.05) is 65.2 Å². The normalized spacial score (nSPS) is 10.8. The van der Waals surface area contributed by atoms with Crippen LogP contribution in [-0.2, 0) is 0 Å². The molecular weight excluding hydrogens is 265 g/mol. The average molecular weight is 271 g/mol. The molecule has 0 aliphatic carbocycles. The van der Waals surface area contributed by atoms with Crippen LogP contribution < -0.4 is 10.3 Å². The third-order valence-corrected chi connectivity index (χ3v) is 2.55. The van der Waals surface area contributed by atoms with E-state index in [0.29, 0.717) is 5.75 Å². The fraction of sp³-hybridized carbons (Fsp3) is 0.125. The summed E-state index contributed by atoms with van der Waals surface area (Å²) in [6, 6.07) is 8.98. The summed E-state index contributed by atoms with van der Waals surface area (Å²) in [5.74, 6) is 0.587. The Kier molecular flexibility index (Phi) is 4.26. The molecule has 0 aromatic heterocycles. The summed E-state index contributed by atoms with van der Waals surface area (Å²) < 4.78 is -1.65. The van der Waals surface area contributed by atoms with Gasteiger partial charge in [0.15, 0.2) is 10.7 Å². The highest BCUT2D eigenvalue weighted by atomic mass is 35.6. The van der Waals surface area contributed by atoms with Gasteiger partial charge in [0.2, 0.25) is 3.79 Å². The Balaban J connectivity index is 2.46. The number of hydrogen-bond donors (Lipinski definition) is 1. The maximum atomic E-state index is 5.50. The minimum absolute atomic E-state index is 0.00801. The molecule has 0 amide bonds. The first-order valence-electron chi connectivity index (χ1n) is 3.59. The van der Waals surface area contributed by atoms with Crippen molar-refractivity contribution >= 4 is 52.0 Å². The summed E-state index contributed by atoms with van der Waals surface area (Å²) >= 11 is 21.2. The summed E-state index contributed by atoms with van der Waals surface area (Å²) in [4.78, 5) is 5.04. The third kappa shape index (κ3) is 3.88. The molecule has 2 nitrogen and oxygen atoms in total. The van der Waals surface area contributed by atoms with Gasteiger partial charge >= 0.3 is 0 Å². The van der Waals surface area contributed by atoms with Gasteiger partial charge in [0.1, 0.15) is 0 Å². The van der Waals surface area contributed by atoms with Crippen LogP contribution in [0.1, 0.15) is 0 Å². The molecule has 0 bridgehead atoms. The lowest BCUT2D eigenvalue weighted by molar-refractivity contribution is 0.263. The lowest BCUT2D eigenvalue weighted by atomic mass is 10.3. The second-order valence-electron chi connectivity index (χ2n) is 2.34. The molecule has 0 saturated carbocycles. The number of benzene rings is 1. The summed E-state index contributed by atoms with van der Waals surface area (Å²) in [6.45, 7) is 0. The lowest BCUT2D eigenvalue weighted by Crippen LogP contribution is -2.35. The predicted octanol–water partition coefficient (Wildman–Crippen LogP) is 3.27. The lowest BCUT2D eigenvalue weighted by Gasteiger charge is -2.14. The highest BCUT2D eigenvalue weighted by molar-refractivity contribution is 7.81. The minimum atomic E-state index is -1.65. The second-order valence-corrected chi connectivity index (χ2v) is 5.03. The Morgan fingerprint density at radius 1 is 1.21 bits per heavy atom. The minimum Gasteiger partial charge on any atom is -0.382 e. The Bertz CT molecular complexity index is 312. The first kappa shape index (κ1) is 11.9. The zero-order valence-electron chi connectivity index (χ0n) is 6.84. The van der Waals surface area contributed by atoms with E-state index in [1.165, 1.54) is 0 Å². The van der Waals surface area contributed by atoms with E-state index in [1.54, 1.807) is 12.1 Å². The van der Waals surface area contributed by atoms with Crippen molar-refractivity contribution in [2.75, 3.05) is 0 Å². The van der Waals surface area contributed by atoms with Crippen LogP contribution in [0.4, 0.5) is 0 Å². The second kappa shape index (κ2) is 5.03. The van der Waals surface area contributed by atoms with Gasteiger partial charge in [0, 0.05) is 0 Å². The number of nitrogens with one attached hydrogen (secondary N) is 1. The van der Waals surface area contributed by atoms with Gasteiger partial charge < -0.3 is 4.84 Å². The van der Waals surface area contributed by atoms with Crippen LogP contribution in [0.5, 0.6) is 5.75 Å². The molecule has 0 atom stereocenters. The van der Waals surface area contributed by atoms with E-state index in [9.17, 15) is 0 Å². The summed E-state index contributed by atoms with van der Waals surface area (Å²) in [7, 11) is 0. The van der Waals surface area contributed by atoms with Crippen LogP contribution in [0.15, 0.2) is 30.3 Å². The van der Waals surface area contributed by atoms with Crippen molar-refractivity contribution in [2.45, 2.75) is 3.79 Å². The topological polar surface area (TPSA) is 21.3 Å². The molecule has 0 unspecified atom stereocenters. The van der Waals surface area contributed by atoms with Gasteiger partial charge in [0.25, 0.3) is 0 Å². The van der Waals surface area contributed by atoms with Gasteiger partial charge in [-0.25, -0.2) is 5.48 Å². The van der Waals surface area contributed by atoms with Crippen molar-refractivity contribution in [3.63, 3.8) is 0 Å². The molecule has 0 aliphatic heterocycles. The SMILES string of the molecule is S=C(NOc1ccccc1)C(Cl)(Cl)Cl. The largest absolute Gasteiger partial charge is 0.382 e. The molecule has 1 aromatic rings. The van der Waals surface area contributed by atoms with Gasteiger partial charge in [-0.2, -0.15) is 0 Å². The van der Waals surface area contributed by atoms with Crippen molar-refractivity contribution in [3.05, 3.63) is 30.3 Å². The van der Waals surface area contributed by atoms with E-state index in [0.717, 1.165) is 0 Å². The molecule has 76 valence electrons. The predicted molar refractivity (Wildman–Crippen MR) is 63.1 cm³/mol. The number of thiocarbonyl (C=S) groups is 1. The maximum absolute atomic E-state index is 5.50. The maximum Gasteiger partial charge on any atom is 0.243 e. The Morgan fingerprint density at radius 2 is 1.79 bits per heavy atom. The highest BCUT2D eigenvalue weighted by Gasteiger charge is 2.26. The monoisotopic (exact) mass is 269 g/mol. The molecule has 1 N–H and O–H groups in total. The van der Waals surface area contributed by atoms with Crippen molar-refractivity contribution in [1.82, 2.24) is 5.48 Å². The molecule has 1 aromatic carbocycles. The molecule has 1 rings (SSSR count). The molecular formula is C8H6Cl3NOS. The van der Waals surface area contributed by atoms with Gasteiger partial charge in [-0.05, 0) is 12.1 Å². The van der Waals surface area contributed by atoms with E-state index < -0.39 is 3.79 Å². The molecule has 0 heterocycles. The number of para-hydroxylation sites is 1. The Hall–Kier alpha value is -0.220. The first-order valence-corrected chi connectivity index (χ1v) is 5.13.